The first-order valence-corrected chi connectivity index (χ1v) is 10.6. The Bertz CT molecular complexity index is 1090. The Kier molecular flexibility index (Phi) is 5.91. The summed E-state index contributed by atoms with van der Waals surface area (Å²) in [4.78, 5) is 12.7. The molecule has 0 aliphatic carbocycles. The number of hydrogen-bond donors (Lipinski definition) is 1. The summed E-state index contributed by atoms with van der Waals surface area (Å²) in [6.45, 7) is 3.43. The number of halogens is 1. The second-order valence-corrected chi connectivity index (χ2v) is 9.01. The van der Waals surface area contributed by atoms with E-state index in [1.807, 2.05) is 13.0 Å². The molecule has 2 aromatic carbocycles. The number of amides is 1. The monoisotopic (exact) mass is 417 g/mol. The van der Waals surface area contributed by atoms with E-state index in [1.54, 1.807) is 55.5 Å². The van der Waals surface area contributed by atoms with Crippen LogP contribution in [-0.4, -0.2) is 20.9 Å². The van der Waals surface area contributed by atoms with Crippen LogP contribution in [0.2, 0.25) is 5.02 Å². The van der Waals surface area contributed by atoms with Crippen molar-refractivity contribution in [1.29, 1.82) is 0 Å². The Hall–Kier alpha value is -2.57. The minimum absolute atomic E-state index is 0.146. The summed E-state index contributed by atoms with van der Waals surface area (Å²) in [5, 5.41) is 1.91. The Morgan fingerprint density at radius 1 is 1.11 bits per heavy atom. The highest BCUT2D eigenvalue weighted by Crippen LogP contribution is 2.31. The SMILES string of the molecule is Cc1ccc(C)c(S(=O)(=O)[C@H](CNC(=O)c2ccccc2Cl)c2ccco2)c1. The molecule has 0 unspecified atom stereocenters. The third kappa shape index (κ3) is 4.13. The molecule has 1 aromatic heterocycles. The van der Waals surface area contributed by atoms with E-state index < -0.39 is 21.0 Å². The number of aryl methyl sites for hydroxylation is 2. The van der Waals surface area contributed by atoms with Gasteiger partial charge >= 0.3 is 0 Å². The molecule has 0 spiro atoms. The predicted molar refractivity (Wildman–Crippen MR) is 108 cm³/mol. The highest BCUT2D eigenvalue weighted by atomic mass is 35.5. The van der Waals surface area contributed by atoms with Crippen molar-refractivity contribution in [2.24, 2.45) is 0 Å². The molecule has 3 aromatic rings. The maximum Gasteiger partial charge on any atom is 0.252 e. The average molecular weight is 418 g/mol. The van der Waals surface area contributed by atoms with Gasteiger partial charge in [0.2, 0.25) is 0 Å². The lowest BCUT2D eigenvalue weighted by Gasteiger charge is -2.18. The van der Waals surface area contributed by atoms with Crippen LogP contribution in [0.3, 0.4) is 0 Å². The van der Waals surface area contributed by atoms with Crippen molar-refractivity contribution in [2.75, 3.05) is 6.54 Å². The van der Waals surface area contributed by atoms with Gasteiger partial charge in [0.15, 0.2) is 9.84 Å². The van der Waals surface area contributed by atoms with Crippen LogP contribution in [0.1, 0.15) is 32.5 Å². The first kappa shape index (κ1) is 20.2. The number of carbonyl (C=O) groups excluding carboxylic acids is 1. The minimum Gasteiger partial charge on any atom is -0.468 e. The van der Waals surface area contributed by atoms with Gasteiger partial charge in [-0.15, -0.1) is 0 Å². The Balaban J connectivity index is 1.93. The molecular weight excluding hydrogens is 398 g/mol. The number of nitrogens with one attached hydrogen (secondary N) is 1. The Morgan fingerprint density at radius 2 is 1.86 bits per heavy atom. The number of sulfone groups is 1. The van der Waals surface area contributed by atoms with Gasteiger partial charge < -0.3 is 9.73 Å². The summed E-state index contributed by atoms with van der Waals surface area (Å²) < 4.78 is 32.1. The van der Waals surface area contributed by atoms with Crippen molar-refractivity contribution in [3.63, 3.8) is 0 Å². The molecule has 0 saturated carbocycles. The molecule has 0 aliphatic heterocycles. The van der Waals surface area contributed by atoms with Gasteiger partial charge in [-0.1, -0.05) is 35.9 Å². The lowest BCUT2D eigenvalue weighted by molar-refractivity contribution is 0.0953. The summed E-state index contributed by atoms with van der Waals surface area (Å²) in [5.74, 6) is -0.182. The van der Waals surface area contributed by atoms with Crippen LogP contribution in [0.4, 0.5) is 0 Å². The molecule has 1 atom stereocenters. The zero-order valence-corrected chi connectivity index (χ0v) is 17.0. The van der Waals surface area contributed by atoms with Gasteiger partial charge in [-0.25, -0.2) is 8.42 Å². The first-order valence-electron chi connectivity index (χ1n) is 8.68. The highest BCUT2D eigenvalue weighted by molar-refractivity contribution is 7.91. The maximum atomic E-state index is 13.4. The smallest absolute Gasteiger partial charge is 0.252 e. The second-order valence-electron chi connectivity index (χ2n) is 6.51. The molecule has 1 amide bonds. The van der Waals surface area contributed by atoms with Gasteiger partial charge in [0, 0.05) is 6.54 Å². The minimum atomic E-state index is -3.81. The Morgan fingerprint density at radius 3 is 2.54 bits per heavy atom. The summed E-state index contributed by atoms with van der Waals surface area (Å²) in [6.07, 6.45) is 1.41. The Labute approximate surface area is 169 Å². The number of carbonyl (C=O) groups is 1. The van der Waals surface area contributed by atoms with Gasteiger partial charge in [0.05, 0.1) is 21.7 Å². The van der Waals surface area contributed by atoms with Gasteiger partial charge in [0.25, 0.3) is 5.91 Å². The summed E-state index contributed by atoms with van der Waals surface area (Å²) >= 11 is 6.06. The lowest BCUT2D eigenvalue weighted by Crippen LogP contribution is -2.32. The van der Waals surface area contributed by atoms with E-state index in [0.29, 0.717) is 10.6 Å². The summed E-state index contributed by atoms with van der Waals surface area (Å²) in [7, 11) is -3.81. The summed E-state index contributed by atoms with van der Waals surface area (Å²) in [5.41, 5.74) is 1.76. The third-order valence-electron chi connectivity index (χ3n) is 4.45. The molecule has 7 heteroatoms. The lowest BCUT2D eigenvalue weighted by atomic mass is 10.2. The molecule has 0 fully saturated rings. The van der Waals surface area contributed by atoms with Crippen LogP contribution in [0.15, 0.2) is 70.2 Å². The fourth-order valence-electron chi connectivity index (χ4n) is 2.93. The quantitative estimate of drug-likeness (QED) is 0.640. The highest BCUT2D eigenvalue weighted by Gasteiger charge is 2.33. The maximum absolute atomic E-state index is 13.4. The van der Waals surface area contributed by atoms with Crippen molar-refractivity contribution in [2.45, 2.75) is 24.0 Å². The zero-order chi connectivity index (χ0) is 20.3. The molecule has 0 aliphatic rings. The van der Waals surface area contributed by atoms with Crippen molar-refractivity contribution in [1.82, 2.24) is 5.32 Å². The topological polar surface area (TPSA) is 76.4 Å². The number of rotatable bonds is 6. The fraction of sp³-hybridized carbons (Fsp3) is 0.190. The normalized spacial score (nSPS) is 12.5. The van der Waals surface area contributed by atoms with Crippen molar-refractivity contribution >= 4 is 27.3 Å². The zero-order valence-electron chi connectivity index (χ0n) is 15.5. The van der Waals surface area contributed by atoms with Crippen LogP contribution in [0.5, 0.6) is 0 Å². The standard InChI is InChI=1S/C21H20ClNO4S/c1-14-9-10-15(2)19(12-14)28(25,26)20(18-8-5-11-27-18)13-23-21(24)16-6-3-4-7-17(16)22/h3-12,20H,13H2,1-2H3,(H,23,24)/t20-/m1/s1. The van der Waals surface area contributed by atoms with Gasteiger partial charge in [-0.05, 0) is 55.3 Å². The molecule has 1 N–H and O–H groups in total. The van der Waals surface area contributed by atoms with Crippen molar-refractivity contribution in [3.05, 3.63) is 88.3 Å². The van der Waals surface area contributed by atoms with E-state index in [-0.39, 0.29) is 22.8 Å². The van der Waals surface area contributed by atoms with Crippen LogP contribution in [0, 0.1) is 13.8 Å². The van der Waals surface area contributed by atoms with Gasteiger partial charge in [-0.2, -0.15) is 0 Å². The van der Waals surface area contributed by atoms with Crippen LogP contribution >= 0.6 is 11.6 Å². The third-order valence-corrected chi connectivity index (χ3v) is 6.98. The first-order chi connectivity index (χ1) is 13.3. The summed E-state index contributed by atoms with van der Waals surface area (Å²) in [6, 6.07) is 15.1. The van der Waals surface area contributed by atoms with Crippen molar-refractivity contribution in [3.8, 4) is 0 Å². The molecule has 5 nitrogen and oxygen atoms in total. The molecule has 146 valence electrons. The average Bonchev–Trinajstić information content (AvgIpc) is 3.18. The largest absolute Gasteiger partial charge is 0.468 e. The van der Waals surface area contributed by atoms with E-state index in [0.717, 1.165) is 5.56 Å². The van der Waals surface area contributed by atoms with Crippen LogP contribution in [-0.2, 0) is 9.84 Å². The number of furan rings is 1. The molecule has 28 heavy (non-hydrogen) atoms. The fourth-order valence-corrected chi connectivity index (χ4v) is 5.07. The molecule has 1 heterocycles. The van der Waals surface area contributed by atoms with E-state index in [4.69, 9.17) is 16.0 Å². The van der Waals surface area contributed by atoms with E-state index in [1.165, 1.54) is 6.26 Å². The molecule has 0 radical (unpaired) electrons. The molecule has 3 rings (SSSR count). The molecular formula is C21H20ClNO4S. The van der Waals surface area contributed by atoms with Crippen molar-refractivity contribution < 1.29 is 17.6 Å². The van der Waals surface area contributed by atoms with E-state index >= 15 is 0 Å². The van der Waals surface area contributed by atoms with Gasteiger partial charge in [-0.3, -0.25) is 4.79 Å². The predicted octanol–water partition coefficient (Wildman–Crippen LogP) is 4.49. The van der Waals surface area contributed by atoms with Gasteiger partial charge in [0.1, 0.15) is 11.0 Å². The molecule has 0 saturated heterocycles. The van der Waals surface area contributed by atoms with E-state index in [9.17, 15) is 13.2 Å². The number of hydrogen-bond acceptors (Lipinski definition) is 4. The van der Waals surface area contributed by atoms with Crippen LogP contribution < -0.4 is 5.32 Å². The van der Waals surface area contributed by atoms with Crippen LogP contribution in [0.25, 0.3) is 0 Å². The van der Waals surface area contributed by atoms with E-state index in [2.05, 4.69) is 5.32 Å². The molecule has 0 bridgehead atoms. The second kappa shape index (κ2) is 8.20. The number of benzene rings is 2.